The summed E-state index contributed by atoms with van der Waals surface area (Å²) < 4.78 is 0. The predicted octanol–water partition coefficient (Wildman–Crippen LogP) is 2.49. The lowest BCUT2D eigenvalue weighted by Gasteiger charge is -2.22. The van der Waals surface area contributed by atoms with Gasteiger partial charge in [-0.3, -0.25) is 4.79 Å². The maximum Gasteiger partial charge on any atom is 0.228 e. The van der Waals surface area contributed by atoms with Gasteiger partial charge in [-0.25, -0.2) is 0 Å². The smallest absolute Gasteiger partial charge is 0.228 e. The van der Waals surface area contributed by atoms with Gasteiger partial charge in [0.15, 0.2) is 0 Å². The van der Waals surface area contributed by atoms with Crippen molar-refractivity contribution in [2.75, 3.05) is 11.9 Å². The molecule has 2 N–H and O–H groups in total. The Labute approximate surface area is 103 Å². The monoisotopic (exact) mass is 232 g/mol. The molecule has 17 heavy (non-hydrogen) atoms. The fourth-order valence-corrected chi connectivity index (χ4v) is 2.40. The number of amides is 1. The van der Waals surface area contributed by atoms with E-state index in [-0.39, 0.29) is 5.91 Å². The van der Waals surface area contributed by atoms with Crippen molar-refractivity contribution in [3.8, 4) is 0 Å². The molecule has 1 unspecified atom stereocenters. The maximum absolute atomic E-state index is 11.3. The number of hydrogen-bond acceptors (Lipinski definition) is 2. The maximum atomic E-state index is 11.3. The molecule has 0 aliphatic carbocycles. The third-order valence-electron chi connectivity index (χ3n) is 3.20. The molecule has 1 atom stereocenters. The average molecular weight is 232 g/mol. The number of benzene rings is 1. The highest BCUT2D eigenvalue weighted by molar-refractivity contribution is 5.99. The number of carbonyl (C=O) groups is 1. The summed E-state index contributed by atoms with van der Waals surface area (Å²) in [5, 5.41) is 6.36. The van der Waals surface area contributed by atoms with Crippen molar-refractivity contribution >= 4 is 11.6 Å². The van der Waals surface area contributed by atoms with Crippen molar-refractivity contribution in [1.29, 1.82) is 0 Å². The molecule has 0 aromatic heterocycles. The van der Waals surface area contributed by atoms with E-state index in [0.29, 0.717) is 18.4 Å². The molecule has 2 rings (SSSR count). The normalized spacial score (nSPS) is 15.9. The van der Waals surface area contributed by atoms with E-state index >= 15 is 0 Å². The summed E-state index contributed by atoms with van der Waals surface area (Å²) in [5.74, 6) is 0.639. The van der Waals surface area contributed by atoms with Gasteiger partial charge < -0.3 is 10.6 Å². The van der Waals surface area contributed by atoms with Gasteiger partial charge in [-0.2, -0.15) is 0 Å². The van der Waals surface area contributed by atoms with E-state index in [9.17, 15) is 4.79 Å². The number of rotatable bonds is 4. The highest BCUT2D eigenvalue weighted by Gasteiger charge is 2.20. The van der Waals surface area contributed by atoms with E-state index in [1.54, 1.807) is 0 Å². The number of hydrogen-bond donors (Lipinski definition) is 2. The Morgan fingerprint density at radius 2 is 2.18 bits per heavy atom. The molecule has 1 amide bonds. The summed E-state index contributed by atoms with van der Waals surface area (Å²) in [7, 11) is 0. The molecule has 0 fully saturated rings. The van der Waals surface area contributed by atoms with Crippen LogP contribution in [0, 0.1) is 5.92 Å². The first-order valence-electron chi connectivity index (χ1n) is 6.28. The van der Waals surface area contributed by atoms with Crippen LogP contribution in [0.4, 0.5) is 5.69 Å². The zero-order valence-corrected chi connectivity index (χ0v) is 10.7. The molecule has 3 nitrogen and oxygen atoms in total. The van der Waals surface area contributed by atoms with Crippen LogP contribution in [0.1, 0.15) is 37.9 Å². The SMILES string of the molecule is CCNC(c1ccc2c(c1)CC(=O)N2)C(C)C. The van der Waals surface area contributed by atoms with Crippen LogP contribution in [0.2, 0.25) is 0 Å². The van der Waals surface area contributed by atoms with Crippen molar-refractivity contribution in [2.24, 2.45) is 5.92 Å². The van der Waals surface area contributed by atoms with Gasteiger partial charge in [0.05, 0.1) is 6.42 Å². The first kappa shape index (κ1) is 12.1. The summed E-state index contributed by atoms with van der Waals surface area (Å²) in [4.78, 5) is 11.3. The van der Waals surface area contributed by atoms with Gasteiger partial charge in [-0.05, 0) is 29.7 Å². The second-order valence-corrected chi connectivity index (χ2v) is 4.92. The Hall–Kier alpha value is -1.35. The van der Waals surface area contributed by atoms with Crippen molar-refractivity contribution in [2.45, 2.75) is 33.2 Å². The number of carbonyl (C=O) groups excluding carboxylic acids is 1. The quantitative estimate of drug-likeness (QED) is 0.837. The van der Waals surface area contributed by atoms with E-state index in [1.165, 1.54) is 5.56 Å². The summed E-state index contributed by atoms with van der Waals surface area (Å²) in [6.45, 7) is 7.50. The third-order valence-corrected chi connectivity index (χ3v) is 3.20. The van der Waals surface area contributed by atoms with Gasteiger partial charge in [-0.1, -0.05) is 32.9 Å². The number of anilines is 1. The Bertz CT molecular complexity index is 426. The molecule has 1 aliphatic heterocycles. The molecule has 3 heteroatoms. The molecular formula is C14H20N2O. The first-order chi connectivity index (χ1) is 8.11. The van der Waals surface area contributed by atoms with Crippen molar-refractivity contribution in [3.05, 3.63) is 29.3 Å². The molecule has 0 spiro atoms. The molecule has 0 radical (unpaired) electrons. The number of fused-ring (bicyclic) bond motifs is 1. The molecule has 1 aromatic rings. The third kappa shape index (κ3) is 2.50. The zero-order chi connectivity index (χ0) is 12.4. The van der Waals surface area contributed by atoms with Gasteiger partial charge in [0.1, 0.15) is 0 Å². The van der Waals surface area contributed by atoms with Crippen LogP contribution in [0.3, 0.4) is 0 Å². The topological polar surface area (TPSA) is 41.1 Å². The van der Waals surface area contributed by atoms with Crippen LogP contribution in [0.25, 0.3) is 0 Å². The van der Waals surface area contributed by atoms with Crippen LogP contribution in [-0.2, 0) is 11.2 Å². The average Bonchev–Trinajstić information content (AvgIpc) is 2.64. The molecular weight excluding hydrogens is 212 g/mol. The zero-order valence-electron chi connectivity index (χ0n) is 10.7. The van der Waals surface area contributed by atoms with Crippen LogP contribution in [-0.4, -0.2) is 12.5 Å². The molecule has 1 aliphatic rings. The summed E-state index contributed by atoms with van der Waals surface area (Å²) in [6, 6.07) is 6.64. The minimum Gasteiger partial charge on any atom is -0.326 e. The van der Waals surface area contributed by atoms with Crippen molar-refractivity contribution < 1.29 is 4.79 Å². The van der Waals surface area contributed by atoms with E-state index in [0.717, 1.165) is 17.8 Å². The van der Waals surface area contributed by atoms with Gasteiger partial charge in [0, 0.05) is 11.7 Å². The van der Waals surface area contributed by atoms with E-state index in [1.807, 2.05) is 6.07 Å². The Kier molecular flexibility index (Phi) is 3.48. The molecule has 0 saturated carbocycles. The Morgan fingerprint density at radius 1 is 1.41 bits per heavy atom. The van der Waals surface area contributed by atoms with Crippen molar-refractivity contribution in [3.63, 3.8) is 0 Å². The highest BCUT2D eigenvalue weighted by Crippen LogP contribution is 2.29. The summed E-state index contributed by atoms with van der Waals surface area (Å²) in [5.41, 5.74) is 3.37. The van der Waals surface area contributed by atoms with Gasteiger partial charge >= 0.3 is 0 Å². The van der Waals surface area contributed by atoms with Gasteiger partial charge in [0.2, 0.25) is 5.91 Å². The fraction of sp³-hybridized carbons (Fsp3) is 0.500. The number of nitrogens with one attached hydrogen (secondary N) is 2. The minimum absolute atomic E-state index is 0.0988. The largest absolute Gasteiger partial charge is 0.326 e. The lowest BCUT2D eigenvalue weighted by Crippen LogP contribution is -2.25. The van der Waals surface area contributed by atoms with Crippen LogP contribution in [0.15, 0.2) is 18.2 Å². The standard InChI is InChI=1S/C14H20N2O/c1-4-15-14(9(2)3)10-5-6-12-11(7-10)8-13(17)16-12/h5-7,9,14-15H,4,8H2,1-3H3,(H,16,17). The Morgan fingerprint density at radius 3 is 2.82 bits per heavy atom. The van der Waals surface area contributed by atoms with Crippen molar-refractivity contribution in [1.82, 2.24) is 5.32 Å². The van der Waals surface area contributed by atoms with Gasteiger partial charge in [-0.15, -0.1) is 0 Å². The minimum atomic E-state index is 0.0988. The summed E-state index contributed by atoms with van der Waals surface area (Å²) in [6.07, 6.45) is 0.514. The van der Waals surface area contributed by atoms with E-state index in [2.05, 4.69) is 43.5 Å². The second kappa shape index (κ2) is 4.88. The van der Waals surface area contributed by atoms with Crippen LogP contribution in [0.5, 0.6) is 0 Å². The lowest BCUT2D eigenvalue weighted by atomic mass is 9.94. The molecule has 1 heterocycles. The highest BCUT2D eigenvalue weighted by atomic mass is 16.1. The van der Waals surface area contributed by atoms with E-state index in [4.69, 9.17) is 0 Å². The summed E-state index contributed by atoms with van der Waals surface area (Å²) >= 11 is 0. The lowest BCUT2D eigenvalue weighted by molar-refractivity contribution is -0.115. The fourth-order valence-electron chi connectivity index (χ4n) is 2.40. The Balaban J connectivity index is 2.27. The van der Waals surface area contributed by atoms with E-state index < -0.39 is 0 Å². The molecule has 1 aromatic carbocycles. The first-order valence-corrected chi connectivity index (χ1v) is 6.28. The molecule has 0 bridgehead atoms. The molecule has 92 valence electrons. The second-order valence-electron chi connectivity index (χ2n) is 4.92. The predicted molar refractivity (Wildman–Crippen MR) is 70.0 cm³/mol. The van der Waals surface area contributed by atoms with Gasteiger partial charge in [0.25, 0.3) is 0 Å². The molecule has 0 saturated heterocycles. The van der Waals surface area contributed by atoms with Crippen LogP contribution >= 0.6 is 0 Å². The van der Waals surface area contributed by atoms with Crippen LogP contribution < -0.4 is 10.6 Å².